The van der Waals surface area contributed by atoms with Gasteiger partial charge in [0, 0.05) is 19.0 Å². The largest absolute Gasteiger partial charge is 0.474 e. The van der Waals surface area contributed by atoms with Gasteiger partial charge in [-0.05, 0) is 20.8 Å². The summed E-state index contributed by atoms with van der Waals surface area (Å²) in [7, 11) is 0. The van der Waals surface area contributed by atoms with Gasteiger partial charge in [-0.1, -0.05) is 6.92 Å². The lowest BCUT2D eigenvalue weighted by molar-refractivity contribution is -0.125. The standard InChI is InChI=1S/C11H20N2O2/c1-5-13(6-2)11(14)10-12-9(4)8(3)7-15-10/h8-9H,5-7H2,1-4H3. The van der Waals surface area contributed by atoms with Crippen molar-refractivity contribution < 1.29 is 9.53 Å². The number of aliphatic imine (C=N–C) groups is 1. The van der Waals surface area contributed by atoms with Gasteiger partial charge in [0.15, 0.2) is 0 Å². The third-order valence-corrected chi connectivity index (χ3v) is 2.86. The third-order valence-electron chi connectivity index (χ3n) is 2.86. The molecule has 0 spiro atoms. The molecule has 86 valence electrons. The molecule has 0 N–H and O–H groups in total. The average molecular weight is 212 g/mol. The van der Waals surface area contributed by atoms with Crippen molar-refractivity contribution in [1.82, 2.24) is 4.90 Å². The summed E-state index contributed by atoms with van der Waals surface area (Å²) in [6.07, 6.45) is 0. The summed E-state index contributed by atoms with van der Waals surface area (Å²) in [5.74, 6) is 0.585. The Balaban J connectivity index is 2.72. The highest BCUT2D eigenvalue weighted by atomic mass is 16.5. The Morgan fingerprint density at radius 3 is 2.53 bits per heavy atom. The molecule has 15 heavy (non-hydrogen) atoms. The highest BCUT2D eigenvalue weighted by Crippen LogP contribution is 2.14. The van der Waals surface area contributed by atoms with Gasteiger partial charge in [-0.15, -0.1) is 0 Å². The van der Waals surface area contributed by atoms with E-state index in [0.717, 1.165) is 0 Å². The molecule has 0 aromatic rings. The van der Waals surface area contributed by atoms with Gasteiger partial charge in [-0.3, -0.25) is 4.79 Å². The number of amides is 1. The molecule has 4 heteroatoms. The van der Waals surface area contributed by atoms with Crippen molar-refractivity contribution in [2.24, 2.45) is 10.9 Å². The number of hydrogen-bond donors (Lipinski definition) is 0. The van der Waals surface area contributed by atoms with E-state index in [4.69, 9.17) is 4.74 Å². The molecule has 0 aromatic carbocycles. The van der Waals surface area contributed by atoms with Crippen LogP contribution in [0, 0.1) is 5.92 Å². The predicted molar refractivity (Wildman–Crippen MR) is 59.9 cm³/mol. The molecule has 1 aliphatic rings. The molecule has 1 aliphatic heterocycles. The maximum atomic E-state index is 11.9. The van der Waals surface area contributed by atoms with E-state index in [2.05, 4.69) is 11.9 Å². The summed E-state index contributed by atoms with van der Waals surface area (Å²) < 4.78 is 5.37. The minimum Gasteiger partial charge on any atom is -0.474 e. The second-order valence-electron chi connectivity index (χ2n) is 3.94. The molecular weight excluding hydrogens is 192 g/mol. The molecule has 0 saturated heterocycles. The molecule has 1 amide bonds. The number of ether oxygens (including phenoxy) is 1. The number of likely N-dealkylation sites (N-methyl/N-ethyl adjacent to an activating group) is 1. The van der Waals surface area contributed by atoms with E-state index < -0.39 is 0 Å². The van der Waals surface area contributed by atoms with Crippen LogP contribution in [0.4, 0.5) is 0 Å². The van der Waals surface area contributed by atoms with Gasteiger partial charge >= 0.3 is 5.91 Å². The molecule has 1 rings (SSSR count). The Kier molecular flexibility index (Phi) is 4.12. The van der Waals surface area contributed by atoms with Crippen LogP contribution in [-0.4, -0.2) is 42.4 Å². The maximum absolute atomic E-state index is 11.9. The molecule has 2 atom stereocenters. The monoisotopic (exact) mass is 212 g/mol. The molecular formula is C11H20N2O2. The van der Waals surface area contributed by atoms with Crippen LogP contribution < -0.4 is 0 Å². The van der Waals surface area contributed by atoms with Crippen molar-refractivity contribution in [1.29, 1.82) is 0 Å². The fourth-order valence-corrected chi connectivity index (χ4v) is 1.46. The minimum atomic E-state index is -0.0845. The average Bonchev–Trinajstić information content (AvgIpc) is 2.23. The smallest absolute Gasteiger partial charge is 0.308 e. The van der Waals surface area contributed by atoms with Crippen molar-refractivity contribution in [2.45, 2.75) is 33.7 Å². The summed E-state index contributed by atoms with van der Waals surface area (Å²) in [4.78, 5) is 17.9. The van der Waals surface area contributed by atoms with Gasteiger partial charge in [0.1, 0.15) is 0 Å². The Labute approximate surface area is 91.3 Å². The van der Waals surface area contributed by atoms with Crippen LogP contribution in [0.25, 0.3) is 0 Å². The van der Waals surface area contributed by atoms with Gasteiger partial charge in [0.05, 0.1) is 12.6 Å². The lowest BCUT2D eigenvalue weighted by atomic mass is 10.0. The van der Waals surface area contributed by atoms with E-state index in [0.29, 0.717) is 25.6 Å². The summed E-state index contributed by atoms with van der Waals surface area (Å²) in [5.41, 5.74) is 0. The van der Waals surface area contributed by atoms with Crippen LogP contribution in [0.3, 0.4) is 0 Å². The van der Waals surface area contributed by atoms with Gasteiger partial charge in [-0.25, -0.2) is 4.99 Å². The lowest BCUT2D eigenvalue weighted by Gasteiger charge is -2.26. The molecule has 1 heterocycles. The fourth-order valence-electron chi connectivity index (χ4n) is 1.46. The van der Waals surface area contributed by atoms with Crippen LogP contribution in [0.2, 0.25) is 0 Å². The van der Waals surface area contributed by atoms with Crippen LogP contribution in [-0.2, 0) is 9.53 Å². The number of hydrogen-bond acceptors (Lipinski definition) is 3. The molecule has 2 unspecified atom stereocenters. The van der Waals surface area contributed by atoms with Crippen LogP contribution in [0.5, 0.6) is 0 Å². The fraction of sp³-hybridized carbons (Fsp3) is 0.818. The van der Waals surface area contributed by atoms with Crippen molar-refractivity contribution in [3.8, 4) is 0 Å². The van der Waals surface area contributed by atoms with Crippen molar-refractivity contribution in [2.75, 3.05) is 19.7 Å². The van der Waals surface area contributed by atoms with Gasteiger partial charge < -0.3 is 9.64 Å². The van der Waals surface area contributed by atoms with Crippen LogP contribution in [0.15, 0.2) is 4.99 Å². The first kappa shape index (κ1) is 12.0. The second-order valence-corrected chi connectivity index (χ2v) is 3.94. The first-order valence-corrected chi connectivity index (χ1v) is 5.60. The van der Waals surface area contributed by atoms with E-state index >= 15 is 0 Å². The highest BCUT2D eigenvalue weighted by molar-refractivity contribution is 6.35. The summed E-state index contributed by atoms with van der Waals surface area (Å²) in [5, 5.41) is 0. The molecule has 0 saturated carbocycles. The Morgan fingerprint density at radius 1 is 1.47 bits per heavy atom. The van der Waals surface area contributed by atoms with Crippen molar-refractivity contribution in [3.05, 3.63) is 0 Å². The van der Waals surface area contributed by atoms with Gasteiger partial charge in [0.2, 0.25) is 0 Å². The minimum absolute atomic E-state index is 0.0845. The topological polar surface area (TPSA) is 41.9 Å². The first-order valence-electron chi connectivity index (χ1n) is 5.60. The molecule has 0 aliphatic carbocycles. The Hall–Kier alpha value is -1.06. The summed E-state index contributed by atoms with van der Waals surface area (Å²) in [6, 6.07) is 0.174. The normalized spacial score (nSPS) is 25.5. The molecule has 0 radical (unpaired) electrons. The Morgan fingerprint density at radius 2 is 2.07 bits per heavy atom. The molecule has 0 fully saturated rings. The van der Waals surface area contributed by atoms with Gasteiger partial charge in [-0.2, -0.15) is 0 Å². The summed E-state index contributed by atoms with van der Waals surface area (Å²) >= 11 is 0. The van der Waals surface area contributed by atoms with E-state index in [1.54, 1.807) is 4.90 Å². The van der Waals surface area contributed by atoms with E-state index in [9.17, 15) is 4.79 Å². The zero-order valence-corrected chi connectivity index (χ0v) is 9.99. The first-order chi connectivity index (χ1) is 7.10. The number of carbonyl (C=O) groups is 1. The number of rotatable bonds is 3. The highest BCUT2D eigenvalue weighted by Gasteiger charge is 2.26. The molecule has 0 bridgehead atoms. The van der Waals surface area contributed by atoms with Crippen LogP contribution in [0.1, 0.15) is 27.7 Å². The summed E-state index contributed by atoms with van der Waals surface area (Å²) in [6.45, 7) is 9.99. The van der Waals surface area contributed by atoms with Crippen molar-refractivity contribution in [3.63, 3.8) is 0 Å². The van der Waals surface area contributed by atoms with E-state index in [-0.39, 0.29) is 17.8 Å². The predicted octanol–water partition coefficient (Wildman–Crippen LogP) is 1.31. The number of carbonyl (C=O) groups excluding carboxylic acids is 1. The van der Waals surface area contributed by atoms with Crippen molar-refractivity contribution >= 4 is 11.8 Å². The van der Waals surface area contributed by atoms with E-state index in [1.165, 1.54) is 0 Å². The SMILES string of the molecule is CCN(CC)C(=O)C1=NC(C)C(C)CO1. The maximum Gasteiger partial charge on any atom is 0.308 e. The second kappa shape index (κ2) is 5.14. The lowest BCUT2D eigenvalue weighted by Crippen LogP contribution is -2.41. The van der Waals surface area contributed by atoms with Gasteiger partial charge in [0.25, 0.3) is 5.90 Å². The molecule has 4 nitrogen and oxygen atoms in total. The number of nitrogens with zero attached hydrogens (tertiary/aromatic N) is 2. The molecule has 0 aromatic heterocycles. The zero-order valence-electron chi connectivity index (χ0n) is 9.99. The third kappa shape index (κ3) is 2.70. The Bertz CT molecular complexity index is 259. The quantitative estimate of drug-likeness (QED) is 0.707. The zero-order chi connectivity index (χ0) is 11.4. The van der Waals surface area contributed by atoms with E-state index in [1.807, 2.05) is 20.8 Å². The van der Waals surface area contributed by atoms with Crippen LogP contribution >= 0.6 is 0 Å².